The van der Waals surface area contributed by atoms with Crippen molar-refractivity contribution in [1.82, 2.24) is 0 Å². The first kappa shape index (κ1) is 16.6. The van der Waals surface area contributed by atoms with Crippen molar-refractivity contribution in [2.24, 2.45) is 5.92 Å². The van der Waals surface area contributed by atoms with Gasteiger partial charge in [-0.15, -0.1) is 0 Å². The van der Waals surface area contributed by atoms with Gasteiger partial charge in [0.1, 0.15) is 0 Å². The molecule has 0 saturated carbocycles. The Labute approximate surface area is 107 Å². The summed E-state index contributed by atoms with van der Waals surface area (Å²) in [6, 6.07) is 0. The van der Waals surface area contributed by atoms with Crippen LogP contribution in [0.3, 0.4) is 0 Å². The minimum absolute atomic E-state index is 0.126. The molecule has 0 N–H and O–H groups in total. The van der Waals surface area contributed by atoms with E-state index >= 15 is 0 Å². The Morgan fingerprint density at radius 1 is 1.29 bits per heavy atom. The molecule has 0 saturated heterocycles. The molecule has 4 heteroatoms. The molecule has 0 aromatic carbocycles. The highest BCUT2D eigenvalue weighted by Gasteiger charge is 2.37. The van der Waals surface area contributed by atoms with Gasteiger partial charge in [-0.2, -0.15) is 0 Å². The predicted octanol–water partition coefficient (Wildman–Crippen LogP) is 3.60. The molecule has 0 bridgehead atoms. The third kappa shape index (κ3) is 6.22. The van der Waals surface area contributed by atoms with Crippen molar-refractivity contribution in [3.8, 4) is 0 Å². The molecule has 17 heavy (non-hydrogen) atoms. The van der Waals surface area contributed by atoms with Crippen LogP contribution in [0.4, 0.5) is 0 Å². The zero-order valence-electron chi connectivity index (χ0n) is 12.4. The maximum Gasteiger partial charge on any atom is 0.306 e. The number of rotatable bonds is 6. The summed E-state index contributed by atoms with van der Waals surface area (Å²) in [6.07, 6.45) is 0.447. The van der Waals surface area contributed by atoms with E-state index in [1.165, 1.54) is 0 Å². The molecule has 0 aromatic heterocycles. The number of carbonyl (C=O) groups is 1. The Bertz CT molecular complexity index is 244. The lowest BCUT2D eigenvalue weighted by Crippen LogP contribution is -2.41. The fourth-order valence-corrected chi connectivity index (χ4v) is 2.26. The van der Waals surface area contributed by atoms with E-state index in [2.05, 4.69) is 33.9 Å². The first-order valence-corrected chi connectivity index (χ1v) is 9.30. The summed E-state index contributed by atoms with van der Waals surface area (Å²) in [5, 5.41) is 0.219. The molecule has 0 radical (unpaired) electrons. The minimum Gasteiger partial charge on any atom is -0.466 e. The zero-order valence-corrected chi connectivity index (χ0v) is 13.4. The standard InChI is InChI=1S/C13H28O3Si/c1-8-15-12(14)9-11(2)10-16-17(6,7)13(3,4)5/h11H,8-10H2,1-7H3/t11-/m0/s1. The first-order valence-electron chi connectivity index (χ1n) is 6.39. The molecule has 0 aliphatic carbocycles. The van der Waals surface area contributed by atoms with Crippen LogP contribution >= 0.6 is 0 Å². The highest BCUT2D eigenvalue weighted by atomic mass is 28.4. The van der Waals surface area contributed by atoms with Crippen LogP contribution in [0, 0.1) is 5.92 Å². The third-order valence-corrected chi connectivity index (χ3v) is 7.86. The van der Waals surface area contributed by atoms with E-state index in [1.54, 1.807) is 0 Å². The molecule has 0 amide bonds. The summed E-state index contributed by atoms with van der Waals surface area (Å²) in [5.41, 5.74) is 0. The van der Waals surface area contributed by atoms with Gasteiger partial charge >= 0.3 is 5.97 Å². The van der Waals surface area contributed by atoms with Crippen LogP contribution in [0.15, 0.2) is 0 Å². The van der Waals surface area contributed by atoms with Crippen LogP contribution in [-0.2, 0) is 14.0 Å². The summed E-state index contributed by atoms with van der Waals surface area (Å²) in [5.74, 6) is 0.0991. The normalized spacial score (nSPS) is 14.5. The van der Waals surface area contributed by atoms with Crippen LogP contribution in [-0.4, -0.2) is 27.5 Å². The maximum atomic E-state index is 11.3. The Morgan fingerprint density at radius 3 is 2.24 bits per heavy atom. The summed E-state index contributed by atoms with van der Waals surface area (Å²) in [6.45, 7) is 16.1. The average molecular weight is 260 g/mol. The number of esters is 1. The lowest BCUT2D eigenvalue weighted by molar-refractivity contribution is -0.144. The van der Waals surface area contributed by atoms with Gasteiger partial charge in [-0.05, 0) is 31.0 Å². The fraction of sp³-hybridized carbons (Fsp3) is 0.923. The van der Waals surface area contributed by atoms with Crippen molar-refractivity contribution < 1.29 is 14.0 Å². The Balaban J connectivity index is 4.08. The summed E-state index contributed by atoms with van der Waals surface area (Å²) < 4.78 is 11.0. The molecule has 1 atom stereocenters. The van der Waals surface area contributed by atoms with E-state index in [1.807, 2.05) is 13.8 Å². The lowest BCUT2D eigenvalue weighted by atomic mass is 10.1. The number of carbonyl (C=O) groups excluding carboxylic acids is 1. The fourth-order valence-electron chi connectivity index (χ4n) is 1.13. The Hall–Kier alpha value is -0.353. The van der Waals surface area contributed by atoms with Gasteiger partial charge in [0.05, 0.1) is 13.0 Å². The third-order valence-electron chi connectivity index (χ3n) is 3.36. The number of hydrogen-bond donors (Lipinski definition) is 0. The van der Waals surface area contributed by atoms with E-state index in [0.29, 0.717) is 19.6 Å². The van der Waals surface area contributed by atoms with E-state index in [-0.39, 0.29) is 16.9 Å². The van der Waals surface area contributed by atoms with Crippen molar-refractivity contribution in [2.75, 3.05) is 13.2 Å². The Kier molecular flexibility index (Phi) is 6.41. The molecule has 3 nitrogen and oxygen atoms in total. The van der Waals surface area contributed by atoms with Gasteiger partial charge in [0, 0.05) is 6.61 Å². The topological polar surface area (TPSA) is 35.5 Å². The van der Waals surface area contributed by atoms with Crippen LogP contribution in [0.2, 0.25) is 18.1 Å². The van der Waals surface area contributed by atoms with Gasteiger partial charge < -0.3 is 9.16 Å². The van der Waals surface area contributed by atoms with Crippen LogP contribution in [0.1, 0.15) is 41.0 Å². The van der Waals surface area contributed by atoms with E-state index in [0.717, 1.165) is 0 Å². The average Bonchev–Trinajstić information content (AvgIpc) is 2.13. The highest BCUT2D eigenvalue weighted by Crippen LogP contribution is 2.36. The van der Waals surface area contributed by atoms with Crippen molar-refractivity contribution in [3.05, 3.63) is 0 Å². The second-order valence-electron chi connectivity index (χ2n) is 6.19. The summed E-state index contributed by atoms with van der Waals surface area (Å²) in [7, 11) is -1.69. The molecule has 0 unspecified atom stereocenters. The highest BCUT2D eigenvalue weighted by molar-refractivity contribution is 6.74. The van der Waals surface area contributed by atoms with Crippen molar-refractivity contribution in [3.63, 3.8) is 0 Å². The number of ether oxygens (including phenoxy) is 1. The molecule has 102 valence electrons. The van der Waals surface area contributed by atoms with E-state index < -0.39 is 8.32 Å². The molecule has 0 aliphatic heterocycles. The van der Waals surface area contributed by atoms with Crippen LogP contribution in [0.25, 0.3) is 0 Å². The molecule has 0 aromatic rings. The van der Waals surface area contributed by atoms with E-state index in [9.17, 15) is 4.79 Å². The van der Waals surface area contributed by atoms with Gasteiger partial charge in [-0.1, -0.05) is 27.7 Å². The molecule has 0 rings (SSSR count). The zero-order chi connectivity index (χ0) is 13.7. The van der Waals surface area contributed by atoms with Crippen molar-refractivity contribution in [2.45, 2.75) is 59.2 Å². The smallest absolute Gasteiger partial charge is 0.306 e. The number of hydrogen-bond acceptors (Lipinski definition) is 3. The summed E-state index contributed by atoms with van der Waals surface area (Å²) >= 11 is 0. The van der Waals surface area contributed by atoms with Gasteiger partial charge in [0.15, 0.2) is 8.32 Å². The first-order chi connectivity index (χ1) is 7.60. The summed E-state index contributed by atoms with van der Waals surface area (Å²) in [4.78, 5) is 11.3. The second kappa shape index (κ2) is 6.54. The van der Waals surface area contributed by atoms with Crippen LogP contribution < -0.4 is 0 Å². The molecular formula is C13H28O3Si. The van der Waals surface area contributed by atoms with Gasteiger partial charge in [-0.3, -0.25) is 4.79 Å². The van der Waals surface area contributed by atoms with Gasteiger partial charge in [0.2, 0.25) is 0 Å². The lowest BCUT2D eigenvalue weighted by Gasteiger charge is -2.36. The second-order valence-corrected chi connectivity index (χ2v) is 11.0. The van der Waals surface area contributed by atoms with Crippen molar-refractivity contribution in [1.29, 1.82) is 0 Å². The largest absolute Gasteiger partial charge is 0.466 e. The van der Waals surface area contributed by atoms with Gasteiger partial charge in [-0.25, -0.2) is 0 Å². The molecule has 0 fully saturated rings. The SMILES string of the molecule is CCOC(=O)C[C@H](C)CO[Si](C)(C)C(C)(C)C. The quantitative estimate of drug-likeness (QED) is 0.541. The maximum absolute atomic E-state index is 11.3. The van der Waals surface area contributed by atoms with Crippen molar-refractivity contribution >= 4 is 14.3 Å². The van der Waals surface area contributed by atoms with Crippen LogP contribution in [0.5, 0.6) is 0 Å². The molecular weight excluding hydrogens is 232 g/mol. The van der Waals surface area contributed by atoms with E-state index in [4.69, 9.17) is 9.16 Å². The Morgan fingerprint density at radius 2 is 1.82 bits per heavy atom. The molecule has 0 heterocycles. The molecule has 0 spiro atoms. The minimum atomic E-state index is -1.69. The monoisotopic (exact) mass is 260 g/mol. The predicted molar refractivity (Wildman–Crippen MR) is 73.6 cm³/mol. The van der Waals surface area contributed by atoms with Gasteiger partial charge in [0.25, 0.3) is 0 Å². The molecule has 0 aliphatic rings.